The minimum absolute atomic E-state index is 0.0476. The molecule has 3 rings (SSSR count). The van der Waals surface area contributed by atoms with Gasteiger partial charge in [0.1, 0.15) is 17.4 Å². The summed E-state index contributed by atoms with van der Waals surface area (Å²) in [6, 6.07) is 12.1. The van der Waals surface area contributed by atoms with Crippen LogP contribution >= 0.6 is 11.6 Å². The van der Waals surface area contributed by atoms with E-state index in [2.05, 4.69) is 10.2 Å². The average Bonchev–Trinajstić information content (AvgIpc) is 2.84. The first-order valence-electron chi connectivity index (χ1n) is 10.2. The molecular weight excluding hydrogens is 460 g/mol. The highest BCUT2D eigenvalue weighted by Crippen LogP contribution is 2.31. The number of ether oxygens (including phenoxy) is 3. The third-order valence-corrected chi connectivity index (χ3v) is 5.54. The SMILES string of the molecule is COc1ccc(N=Nc2c(C)c(C#N)c(O)n(CCc3ccc(OC)c(OC)c3)c2=O)cc1Cl. The van der Waals surface area contributed by atoms with Gasteiger partial charge in [-0.25, -0.2) is 0 Å². The maximum atomic E-state index is 13.2. The fourth-order valence-electron chi connectivity index (χ4n) is 3.37. The Labute approximate surface area is 201 Å². The van der Waals surface area contributed by atoms with Gasteiger partial charge in [0.05, 0.1) is 32.0 Å². The predicted molar refractivity (Wildman–Crippen MR) is 127 cm³/mol. The van der Waals surface area contributed by atoms with Crippen LogP contribution in [0.3, 0.4) is 0 Å². The topological polar surface area (TPSA) is 118 Å². The highest BCUT2D eigenvalue weighted by molar-refractivity contribution is 6.32. The Bertz CT molecular complexity index is 1340. The number of nitriles is 1. The van der Waals surface area contributed by atoms with Crippen molar-refractivity contribution in [3.63, 3.8) is 0 Å². The fourth-order valence-corrected chi connectivity index (χ4v) is 3.62. The van der Waals surface area contributed by atoms with Gasteiger partial charge in [-0.2, -0.15) is 10.4 Å². The second kappa shape index (κ2) is 10.7. The van der Waals surface area contributed by atoms with Gasteiger partial charge >= 0.3 is 0 Å². The number of hydrogen-bond acceptors (Lipinski definition) is 8. The molecule has 0 bridgehead atoms. The highest BCUT2D eigenvalue weighted by atomic mass is 35.5. The molecule has 0 radical (unpaired) electrons. The Kier molecular flexibility index (Phi) is 7.76. The summed E-state index contributed by atoms with van der Waals surface area (Å²) in [6.45, 7) is 1.64. The van der Waals surface area contributed by atoms with E-state index >= 15 is 0 Å². The molecule has 0 aliphatic heterocycles. The summed E-state index contributed by atoms with van der Waals surface area (Å²) in [5.41, 5.74) is 0.808. The molecule has 9 nitrogen and oxygen atoms in total. The number of pyridine rings is 1. The van der Waals surface area contributed by atoms with Crippen LogP contribution in [0.4, 0.5) is 11.4 Å². The number of hydrogen-bond donors (Lipinski definition) is 1. The van der Waals surface area contributed by atoms with Crippen LogP contribution in [-0.2, 0) is 13.0 Å². The number of benzene rings is 2. The maximum Gasteiger partial charge on any atom is 0.281 e. The molecule has 0 atom stereocenters. The zero-order valence-corrected chi connectivity index (χ0v) is 19.9. The predicted octanol–water partition coefficient (Wildman–Crippen LogP) is 5.07. The summed E-state index contributed by atoms with van der Waals surface area (Å²) < 4.78 is 16.8. The molecule has 3 aromatic rings. The van der Waals surface area contributed by atoms with E-state index in [4.69, 9.17) is 25.8 Å². The van der Waals surface area contributed by atoms with Crippen molar-refractivity contribution in [1.29, 1.82) is 5.26 Å². The number of halogens is 1. The molecule has 0 unspecified atom stereocenters. The van der Waals surface area contributed by atoms with E-state index in [0.29, 0.717) is 34.4 Å². The van der Waals surface area contributed by atoms with Crippen LogP contribution in [0.2, 0.25) is 5.02 Å². The maximum absolute atomic E-state index is 13.2. The second-order valence-electron chi connectivity index (χ2n) is 7.20. The molecule has 0 amide bonds. The van der Waals surface area contributed by atoms with Gasteiger partial charge in [0, 0.05) is 12.1 Å². The zero-order valence-electron chi connectivity index (χ0n) is 19.1. The molecular formula is C24H23ClN4O5. The summed E-state index contributed by atoms with van der Waals surface area (Å²) in [7, 11) is 4.57. The Balaban J connectivity index is 1.98. The van der Waals surface area contributed by atoms with Crippen molar-refractivity contribution in [3.05, 3.63) is 68.5 Å². The van der Waals surface area contributed by atoms with Crippen LogP contribution in [0.1, 0.15) is 16.7 Å². The van der Waals surface area contributed by atoms with Crippen LogP contribution in [0.5, 0.6) is 23.1 Å². The fraction of sp³-hybridized carbons (Fsp3) is 0.250. The molecule has 10 heteroatoms. The molecule has 1 heterocycles. The van der Waals surface area contributed by atoms with Gasteiger partial charge in [-0.3, -0.25) is 9.36 Å². The van der Waals surface area contributed by atoms with Crippen molar-refractivity contribution in [2.75, 3.05) is 21.3 Å². The number of rotatable bonds is 8. The van der Waals surface area contributed by atoms with Crippen LogP contribution in [0, 0.1) is 18.3 Å². The van der Waals surface area contributed by atoms with E-state index in [1.807, 2.05) is 12.1 Å². The summed E-state index contributed by atoms with van der Waals surface area (Å²) in [5.74, 6) is 1.18. The highest BCUT2D eigenvalue weighted by Gasteiger charge is 2.19. The molecule has 0 spiro atoms. The molecule has 1 N–H and O–H groups in total. The molecule has 1 aromatic heterocycles. The van der Waals surface area contributed by atoms with Gasteiger partial charge in [0.2, 0.25) is 5.88 Å². The lowest BCUT2D eigenvalue weighted by Crippen LogP contribution is -2.23. The van der Waals surface area contributed by atoms with E-state index in [9.17, 15) is 15.2 Å². The molecule has 176 valence electrons. The largest absolute Gasteiger partial charge is 0.495 e. The van der Waals surface area contributed by atoms with Gasteiger partial charge in [0.25, 0.3) is 5.56 Å². The zero-order chi connectivity index (χ0) is 24.8. The first kappa shape index (κ1) is 24.6. The lowest BCUT2D eigenvalue weighted by Gasteiger charge is -2.14. The molecule has 34 heavy (non-hydrogen) atoms. The van der Waals surface area contributed by atoms with Crippen molar-refractivity contribution >= 4 is 23.0 Å². The second-order valence-corrected chi connectivity index (χ2v) is 7.61. The Hall–Kier alpha value is -4.03. The smallest absolute Gasteiger partial charge is 0.281 e. The van der Waals surface area contributed by atoms with E-state index < -0.39 is 11.4 Å². The molecule has 0 aliphatic carbocycles. The third kappa shape index (κ3) is 4.97. The first-order valence-corrected chi connectivity index (χ1v) is 10.5. The van der Waals surface area contributed by atoms with Crippen molar-refractivity contribution in [2.24, 2.45) is 10.2 Å². The summed E-state index contributed by atoms with van der Waals surface area (Å²) in [4.78, 5) is 13.2. The van der Waals surface area contributed by atoms with Gasteiger partial charge in [-0.15, -0.1) is 5.11 Å². The lowest BCUT2D eigenvalue weighted by molar-refractivity contribution is 0.354. The van der Waals surface area contributed by atoms with E-state index in [1.54, 1.807) is 37.4 Å². The van der Waals surface area contributed by atoms with Crippen molar-refractivity contribution in [2.45, 2.75) is 19.9 Å². The standard InChI is InChI=1S/C24H23ClN4O5/c1-14-17(13-26)23(30)29(10-9-15-5-7-20(33-3)21(11-15)34-4)24(31)22(14)28-27-16-6-8-19(32-2)18(25)12-16/h5-8,11-12,30H,9-10H2,1-4H3. The van der Waals surface area contributed by atoms with Crippen LogP contribution in [0.15, 0.2) is 51.4 Å². The summed E-state index contributed by atoms with van der Waals surface area (Å²) in [6.07, 6.45) is 0.381. The van der Waals surface area contributed by atoms with Crippen molar-refractivity contribution in [1.82, 2.24) is 4.57 Å². The van der Waals surface area contributed by atoms with E-state index in [0.717, 1.165) is 10.1 Å². The number of aromatic hydroxyl groups is 1. The minimum Gasteiger partial charge on any atom is -0.495 e. The molecule has 2 aromatic carbocycles. The first-order chi connectivity index (χ1) is 16.3. The quantitative estimate of drug-likeness (QED) is 0.447. The number of methoxy groups -OCH3 is 3. The van der Waals surface area contributed by atoms with Crippen LogP contribution < -0.4 is 19.8 Å². The van der Waals surface area contributed by atoms with Gasteiger partial charge < -0.3 is 19.3 Å². The average molecular weight is 483 g/mol. The summed E-state index contributed by atoms with van der Waals surface area (Å²) >= 11 is 6.12. The van der Waals surface area contributed by atoms with Gasteiger partial charge in [-0.1, -0.05) is 17.7 Å². The Morgan fingerprint density at radius 2 is 1.71 bits per heavy atom. The van der Waals surface area contributed by atoms with E-state index in [-0.39, 0.29) is 23.4 Å². The monoisotopic (exact) mass is 482 g/mol. The molecule has 0 saturated carbocycles. The van der Waals surface area contributed by atoms with Crippen LogP contribution in [0.25, 0.3) is 0 Å². The normalized spacial score (nSPS) is 10.8. The Morgan fingerprint density at radius 1 is 1.03 bits per heavy atom. The van der Waals surface area contributed by atoms with Gasteiger partial charge in [-0.05, 0) is 49.2 Å². The number of aryl methyl sites for hydroxylation is 1. The number of azo groups is 1. The van der Waals surface area contributed by atoms with Gasteiger partial charge in [0.15, 0.2) is 17.2 Å². The number of nitrogens with zero attached hydrogens (tertiary/aromatic N) is 4. The van der Waals surface area contributed by atoms with Crippen molar-refractivity contribution in [3.8, 4) is 29.2 Å². The minimum atomic E-state index is -0.571. The van der Waals surface area contributed by atoms with E-state index in [1.165, 1.54) is 21.1 Å². The van der Waals surface area contributed by atoms with Crippen molar-refractivity contribution < 1.29 is 19.3 Å². The molecule has 0 saturated heterocycles. The number of aromatic nitrogens is 1. The summed E-state index contributed by atoms with van der Waals surface area (Å²) in [5, 5.41) is 28.7. The molecule has 0 aliphatic rings. The van der Waals surface area contributed by atoms with Crippen LogP contribution in [-0.4, -0.2) is 31.0 Å². The lowest BCUT2D eigenvalue weighted by atomic mass is 10.1. The third-order valence-electron chi connectivity index (χ3n) is 5.24. The Morgan fingerprint density at radius 3 is 2.32 bits per heavy atom. The molecule has 0 fully saturated rings.